The summed E-state index contributed by atoms with van der Waals surface area (Å²) in [5.41, 5.74) is 5.61. The number of amidine groups is 1. The van der Waals surface area contributed by atoms with Gasteiger partial charge in [-0.1, -0.05) is 29.8 Å². The molecule has 0 radical (unpaired) electrons. The van der Waals surface area contributed by atoms with E-state index in [0.29, 0.717) is 13.2 Å². The summed E-state index contributed by atoms with van der Waals surface area (Å²) in [5, 5.41) is 19.7. The van der Waals surface area contributed by atoms with Gasteiger partial charge in [0.15, 0.2) is 5.41 Å². The van der Waals surface area contributed by atoms with Crippen LogP contribution in [0.5, 0.6) is 0 Å². The molecule has 1 spiro atoms. The maximum atomic E-state index is 9.92. The molecule has 1 aromatic rings. The van der Waals surface area contributed by atoms with E-state index < -0.39 is 22.7 Å². The average molecular weight is 294 g/mol. The van der Waals surface area contributed by atoms with E-state index in [1.54, 1.807) is 0 Å². The summed E-state index contributed by atoms with van der Waals surface area (Å²) in [7, 11) is 0. The molecule has 2 N–H and O–H groups in total. The normalized spacial score (nSPS) is 37.2. The molecule has 0 bridgehead atoms. The zero-order chi connectivity index (χ0) is 15.6. The second-order valence-electron chi connectivity index (χ2n) is 5.96. The van der Waals surface area contributed by atoms with Gasteiger partial charge in [0.25, 0.3) is 5.91 Å². The van der Waals surface area contributed by atoms with Crippen molar-refractivity contribution in [2.45, 2.75) is 18.8 Å². The zero-order valence-corrected chi connectivity index (χ0v) is 12.0. The van der Waals surface area contributed by atoms with Crippen molar-refractivity contribution in [1.29, 1.82) is 10.5 Å². The highest BCUT2D eigenvalue weighted by Gasteiger charge is 2.94. The van der Waals surface area contributed by atoms with Gasteiger partial charge >= 0.3 is 0 Å². The minimum absolute atomic E-state index is 0.130. The third kappa shape index (κ3) is 1.13. The number of ether oxygens (including phenoxy) is 2. The van der Waals surface area contributed by atoms with Gasteiger partial charge in [-0.3, -0.25) is 0 Å². The number of benzene rings is 1. The smallest absolute Gasteiger partial charge is 0.293 e. The molecule has 0 amide bonds. The monoisotopic (exact) mass is 294 g/mol. The highest BCUT2D eigenvalue weighted by atomic mass is 16.8. The lowest BCUT2D eigenvalue weighted by Gasteiger charge is -2.25. The summed E-state index contributed by atoms with van der Waals surface area (Å²) >= 11 is 0. The van der Waals surface area contributed by atoms with Crippen LogP contribution in [0, 0.1) is 40.4 Å². The van der Waals surface area contributed by atoms with Crippen molar-refractivity contribution in [3.05, 3.63) is 35.4 Å². The van der Waals surface area contributed by atoms with Gasteiger partial charge in [-0.05, 0) is 12.5 Å². The topological polar surface area (TPSA) is 104 Å². The zero-order valence-electron chi connectivity index (χ0n) is 12.0. The lowest BCUT2D eigenvalue weighted by molar-refractivity contribution is -0.184. The summed E-state index contributed by atoms with van der Waals surface area (Å²) in [5.74, 6) is -1.72. The van der Waals surface area contributed by atoms with Gasteiger partial charge in [-0.25, -0.2) is 4.99 Å². The van der Waals surface area contributed by atoms with Crippen molar-refractivity contribution in [3.8, 4) is 12.1 Å². The van der Waals surface area contributed by atoms with Crippen LogP contribution < -0.4 is 5.73 Å². The van der Waals surface area contributed by atoms with Crippen molar-refractivity contribution in [2.75, 3.05) is 13.2 Å². The van der Waals surface area contributed by atoms with E-state index in [-0.39, 0.29) is 5.84 Å². The van der Waals surface area contributed by atoms with Crippen LogP contribution in [0.3, 0.4) is 0 Å². The Kier molecular flexibility index (Phi) is 2.33. The second-order valence-corrected chi connectivity index (χ2v) is 5.96. The maximum absolute atomic E-state index is 9.92. The number of rotatable bonds is 1. The first kappa shape index (κ1) is 13.3. The highest BCUT2D eigenvalue weighted by molar-refractivity contribution is 6.00. The van der Waals surface area contributed by atoms with Gasteiger partial charge in [-0.2, -0.15) is 10.5 Å². The molecule has 110 valence electrons. The standard InChI is InChI=1S/C16H14N4O2/c1-10-3-2-4-11(7-10)12-14(8-17)13(19)20-16(15(12,14)9-18)21-5-6-22-16/h2-4,7,12H,5-6H2,1H3,(H2,19,20). The fraction of sp³-hybridized carbons (Fsp3) is 0.438. The SMILES string of the molecule is Cc1cccc(C2C3(C#N)C(N)=NC4(OCCO4)C23C#N)c1. The first-order chi connectivity index (χ1) is 10.6. The minimum Gasteiger partial charge on any atom is -0.386 e. The fourth-order valence-corrected chi connectivity index (χ4v) is 4.07. The van der Waals surface area contributed by atoms with Gasteiger partial charge in [0.1, 0.15) is 11.3 Å². The molecule has 2 fully saturated rings. The highest BCUT2D eigenvalue weighted by Crippen LogP contribution is 2.82. The Hall–Kier alpha value is -2.41. The van der Waals surface area contributed by atoms with Crippen LogP contribution in [0.25, 0.3) is 0 Å². The second kappa shape index (κ2) is 3.86. The third-order valence-corrected chi connectivity index (χ3v) is 4.98. The molecule has 4 rings (SSSR count). The van der Waals surface area contributed by atoms with Crippen LogP contribution in [-0.4, -0.2) is 25.0 Å². The molecule has 2 aliphatic heterocycles. The fourth-order valence-electron chi connectivity index (χ4n) is 4.07. The summed E-state index contributed by atoms with van der Waals surface area (Å²) in [6.45, 7) is 2.64. The van der Waals surface area contributed by atoms with Crippen LogP contribution in [0.1, 0.15) is 17.0 Å². The number of nitriles is 2. The first-order valence-electron chi connectivity index (χ1n) is 7.11. The number of nitrogens with zero attached hydrogens (tertiary/aromatic N) is 3. The lowest BCUT2D eigenvalue weighted by atomic mass is 9.93. The molecule has 3 aliphatic rings. The average Bonchev–Trinajstić information content (AvgIpc) is 2.77. The van der Waals surface area contributed by atoms with E-state index in [9.17, 15) is 10.5 Å². The molecular formula is C16H14N4O2. The number of fused-ring (bicyclic) bond motifs is 2. The molecule has 1 aliphatic carbocycles. The molecule has 6 heteroatoms. The Labute approximate surface area is 127 Å². The molecule has 22 heavy (non-hydrogen) atoms. The minimum atomic E-state index is -1.45. The van der Waals surface area contributed by atoms with Crippen LogP contribution in [0.2, 0.25) is 0 Å². The number of aryl methyl sites for hydroxylation is 1. The number of nitrogens with two attached hydrogens (primary N) is 1. The van der Waals surface area contributed by atoms with Crippen molar-refractivity contribution in [1.82, 2.24) is 0 Å². The lowest BCUT2D eigenvalue weighted by Crippen LogP contribution is -2.38. The van der Waals surface area contributed by atoms with E-state index in [1.807, 2.05) is 31.2 Å². The number of hydrogen-bond donors (Lipinski definition) is 1. The molecule has 1 saturated carbocycles. The van der Waals surface area contributed by atoms with Gasteiger partial charge in [0.05, 0.1) is 25.4 Å². The molecule has 6 nitrogen and oxygen atoms in total. The van der Waals surface area contributed by atoms with Gasteiger partial charge in [-0.15, -0.1) is 0 Å². The van der Waals surface area contributed by atoms with E-state index >= 15 is 0 Å². The molecule has 3 unspecified atom stereocenters. The van der Waals surface area contributed by atoms with E-state index in [1.165, 1.54) is 0 Å². The predicted octanol–water partition coefficient (Wildman–Crippen LogP) is 1.18. The molecular weight excluding hydrogens is 280 g/mol. The Bertz CT molecular complexity index is 784. The maximum Gasteiger partial charge on any atom is 0.293 e. The Morgan fingerprint density at radius 3 is 2.59 bits per heavy atom. The van der Waals surface area contributed by atoms with Crippen molar-refractivity contribution >= 4 is 5.84 Å². The summed E-state index contributed by atoms with van der Waals surface area (Å²) in [6.07, 6.45) is 0. The Morgan fingerprint density at radius 2 is 2.00 bits per heavy atom. The van der Waals surface area contributed by atoms with E-state index in [2.05, 4.69) is 17.1 Å². The quantitative estimate of drug-likeness (QED) is 0.837. The van der Waals surface area contributed by atoms with Gasteiger partial charge in [0, 0.05) is 5.92 Å². The Balaban J connectivity index is 1.94. The molecule has 3 atom stereocenters. The van der Waals surface area contributed by atoms with Crippen molar-refractivity contribution < 1.29 is 9.47 Å². The molecule has 0 aromatic heterocycles. The number of hydrogen-bond acceptors (Lipinski definition) is 6. The predicted molar refractivity (Wildman–Crippen MR) is 76.3 cm³/mol. The summed E-state index contributed by atoms with van der Waals surface area (Å²) in [6, 6.07) is 12.3. The van der Waals surface area contributed by atoms with Crippen molar-refractivity contribution in [3.63, 3.8) is 0 Å². The molecule has 1 saturated heterocycles. The largest absolute Gasteiger partial charge is 0.386 e. The van der Waals surface area contributed by atoms with Crippen LogP contribution in [0.4, 0.5) is 0 Å². The van der Waals surface area contributed by atoms with Crippen LogP contribution >= 0.6 is 0 Å². The van der Waals surface area contributed by atoms with Crippen LogP contribution in [-0.2, 0) is 9.47 Å². The van der Waals surface area contributed by atoms with E-state index in [0.717, 1.165) is 11.1 Å². The van der Waals surface area contributed by atoms with Gasteiger partial charge in [0.2, 0.25) is 0 Å². The summed E-state index contributed by atoms with van der Waals surface area (Å²) < 4.78 is 11.3. The van der Waals surface area contributed by atoms with Gasteiger partial charge < -0.3 is 15.2 Å². The number of aliphatic imine (C=N–C) groups is 1. The van der Waals surface area contributed by atoms with Crippen LogP contribution in [0.15, 0.2) is 29.3 Å². The third-order valence-electron chi connectivity index (χ3n) is 4.98. The summed E-state index contributed by atoms with van der Waals surface area (Å²) in [4.78, 5) is 4.24. The molecule has 1 aromatic carbocycles. The van der Waals surface area contributed by atoms with E-state index in [4.69, 9.17) is 15.2 Å². The molecule has 2 heterocycles. The van der Waals surface area contributed by atoms with Crippen molar-refractivity contribution in [2.24, 2.45) is 21.6 Å². The first-order valence-corrected chi connectivity index (χ1v) is 7.11. The Morgan fingerprint density at radius 1 is 1.27 bits per heavy atom.